The average molecular weight is 491 g/mol. The highest BCUT2D eigenvalue weighted by Crippen LogP contribution is 2.23. The molecule has 0 aliphatic carbocycles. The van der Waals surface area contributed by atoms with Crippen molar-refractivity contribution >= 4 is 29.3 Å². The number of aliphatic carboxylic acids is 1. The second-order valence-corrected chi connectivity index (χ2v) is 7.86. The molecular formula is C18H22N10O5S. The minimum absolute atomic E-state index is 0.0281. The second kappa shape index (κ2) is 12.7. The minimum atomic E-state index is -1.78. The lowest BCUT2D eigenvalue weighted by Crippen LogP contribution is -2.49. The first-order chi connectivity index (χ1) is 16.3. The van der Waals surface area contributed by atoms with E-state index in [-0.39, 0.29) is 18.0 Å². The van der Waals surface area contributed by atoms with Gasteiger partial charge in [0.2, 0.25) is 5.01 Å². The molecule has 1 aromatic carbocycles. The minimum Gasteiger partial charge on any atom is -0.481 e. The van der Waals surface area contributed by atoms with Crippen molar-refractivity contribution in [1.82, 2.24) is 20.8 Å². The fourth-order valence-electron chi connectivity index (χ4n) is 2.61. The van der Waals surface area contributed by atoms with Crippen LogP contribution in [-0.2, 0) is 22.6 Å². The first-order valence-electron chi connectivity index (χ1n) is 9.79. The van der Waals surface area contributed by atoms with Crippen molar-refractivity contribution in [3.05, 3.63) is 45.9 Å². The van der Waals surface area contributed by atoms with E-state index in [1.54, 1.807) is 24.3 Å². The van der Waals surface area contributed by atoms with E-state index in [9.17, 15) is 14.4 Å². The van der Waals surface area contributed by atoms with Gasteiger partial charge in [0, 0.05) is 12.8 Å². The Balaban J connectivity index is 1.91. The number of aromatic nitrogens is 2. The Bertz CT molecular complexity index is 1010. The van der Waals surface area contributed by atoms with E-state index in [2.05, 4.69) is 36.2 Å². The van der Waals surface area contributed by atoms with Gasteiger partial charge in [-0.05, 0) is 12.0 Å². The number of carbonyl (C=O) groups excluding carboxylic acids is 2. The summed E-state index contributed by atoms with van der Waals surface area (Å²) in [5.41, 5.74) is 21.8. The van der Waals surface area contributed by atoms with E-state index in [0.29, 0.717) is 17.8 Å². The number of amides is 2. The Hall–Kier alpha value is -4.21. The molecular weight excluding hydrogens is 468 g/mol. The molecule has 0 bridgehead atoms. The molecule has 0 saturated carbocycles. The molecule has 16 heteroatoms. The lowest BCUT2D eigenvalue weighted by molar-refractivity contribution is -0.137. The number of alkyl carbamates (subject to hydrolysis) is 1. The summed E-state index contributed by atoms with van der Waals surface area (Å²) in [6.45, 7) is -0.0318. The number of nitrogens with zero attached hydrogens (tertiary/aromatic N) is 5. The fraction of sp³-hybridized carbons (Fsp3) is 0.389. The molecule has 6 N–H and O–H groups in total. The highest BCUT2D eigenvalue weighted by atomic mass is 32.1. The zero-order chi connectivity index (χ0) is 25.0. The number of nitrogens with one attached hydrogen (secondary N) is 5. The molecule has 34 heavy (non-hydrogen) atoms. The highest BCUT2D eigenvalue weighted by molar-refractivity contribution is 7.13. The quantitative estimate of drug-likeness (QED) is 0.170. The van der Waals surface area contributed by atoms with Crippen molar-refractivity contribution < 1.29 is 24.2 Å². The normalized spacial score (nSPS) is 13.1. The number of hydrogen-bond donors (Lipinski definition) is 6. The molecule has 180 valence electrons. The summed E-state index contributed by atoms with van der Waals surface area (Å²) in [6.07, 6.45) is -2.10. The van der Waals surface area contributed by atoms with Gasteiger partial charge in [0.25, 0.3) is 11.7 Å². The summed E-state index contributed by atoms with van der Waals surface area (Å²) < 4.78 is 5.05. The van der Waals surface area contributed by atoms with Gasteiger partial charge in [-0.25, -0.2) is 21.4 Å². The van der Waals surface area contributed by atoms with Crippen LogP contribution in [0.5, 0.6) is 0 Å². The van der Waals surface area contributed by atoms with Gasteiger partial charge < -0.3 is 20.5 Å². The van der Waals surface area contributed by atoms with Crippen molar-refractivity contribution in [1.29, 1.82) is 16.6 Å². The van der Waals surface area contributed by atoms with Gasteiger partial charge in [-0.3, -0.25) is 9.59 Å². The molecule has 0 aliphatic heterocycles. The molecule has 2 rings (SSSR count). The third-order valence-corrected chi connectivity index (χ3v) is 5.27. The molecule has 1 aromatic heterocycles. The van der Waals surface area contributed by atoms with Crippen LogP contribution in [0.1, 0.15) is 39.6 Å². The predicted molar refractivity (Wildman–Crippen MR) is 114 cm³/mol. The van der Waals surface area contributed by atoms with Gasteiger partial charge in [0.1, 0.15) is 17.8 Å². The Labute approximate surface area is 196 Å². The predicted octanol–water partition coefficient (Wildman–Crippen LogP) is 3.06. The van der Waals surface area contributed by atoms with E-state index in [4.69, 9.17) is 26.4 Å². The number of rotatable bonds is 14. The van der Waals surface area contributed by atoms with E-state index in [1.807, 2.05) is 6.07 Å². The summed E-state index contributed by atoms with van der Waals surface area (Å²) in [5.74, 6) is -3.78. The summed E-state index contributed by atoms with van der Waals surface area (Å²) in [7, 11) is 0. The number of benzene rings is 1. The SMILES string of the molecule is N=NC(CCCc1nnc(C(=O)N[C@H](CC(=O)O)NC(=O)OCc2ccccc2)s1)(N=N)N=N. The maximum atomic E-state index is 12.5. The first kappa shape index (κ1) is 26.0. The number of ether oxygens (including phenoxy) is 1. The number of aryl methyl sites for hydroxylation is 1. The molecule has 0 radical (unpaired) electrons. The third kappa shape index (κ3) is 8.05. The average Bonchev–Trinajstić information content (AvgIpc) is 3.30. The van der Waals surface area contributed by atoms with Crippen LogP contribution < -0.4 is 10.6 Å². The van der Waals surface area contributed by atoms with Gasteiger partial charge in [-0.1, -0.05) is 41.7 Å². The lowest BCUT2D eigenvalue weighted by Gasteiger charge is -2.17. The Kier molecular flexibility index (Phi) is 9.75. The monoisotopic (exact) mass is 490 g/mol. The van der Waals surface area contributed by atoms with Gasteiger partial charge in [0.05, 0.1) is 6.42 Å². The van der Waals surface area contributed by atoms with Crippen LogP contribution in [0.2, 0.25) is 0 Å². The third-order valence-electron chi connectivity index (χ3n) is 4.29. The molecule has 1 atom stereocenters. The van der Waals surface area contributed by atoms with Gasteiger partial charge >= 0.3 is 12.1 Å². The number of hydrogen-bond acceptors (Lipinski definition) is 13. The van der Waals surface area contributed by atoms with E-state index in [1.165, 1.54) is 0 Å². The topological polar surface area (TPSA) is 239 Å². The van der Waals surface area contributed by atoms with Crippen LogP contribution >= 0.6 is 11.3 Å². The van der Waals surface area contributed by atoms with Crippen LogP contribution in [0.15, 0.2) is 45.7 Å². The molecule has 2 aromatic rings. The van der Waals surface area contributed by atoms with E-state index >= 15 is 0 Å². The van der Waals surface area contributed by atoms with Crippen molar-refractivity contribution in [2.75, 3.05) is 0 Å². The maximum Gasteiger partial charge on any atom is 0.409 e. The van der Waals surface area contributed by atoms with E-state index in [0.717, 1.165) is 16.9 Å². The highest BCUT2D eigenvalue weighted by Gasteiger charge is 2.28. The largest absolute Gasteiger partial charge is 0.481 e. The van der Waals surface area contributed by atoms with Crippen LogP contribution in [0.3, 0.4) is 0 Å². The first-order valence-corrected chi connectivity index (χ1v) is 10.6. The van der Waals surface area contributed by atoms with Gasteiger partial charge in [0.15, 0.2) is 0 Å². The Morgan fingerprint density at radius 1 is 1.09 bits per heavy atom. The second-order valence-electron chi connectivity index (χ2n) is 6.79. The van der Waals surface area contributed by atoms with Crippen LogP contribution in [-0.4, -0.2) is 45.2 Å². The summed E-state index contributed by atoms with van der Waals surface area (Å²) in [5, 5.41) is 31.0. The van der Waals surface area contributed by atoms with Crippen LogP contribution in [0, 0.1) is 16.6 Å². The molecule has 1 heterocycles. The van der Waals surface area contributed by atoms with Gasteiger partial charge in [-0.15, -0.1) is 25.5 Å². The number of carboxylic acid groups (broad SMARTS) is 1. The molecule has 0 spiro atoms. The molecule has 0 fully saturated rings. The summed E-state index contributed by atoms with van der Waals surface area (Å²) in [6, 6.07) is 8.86. The van der Waals surface area contributed by atoms with Crippen LogP contribution in [0.4, 0.5) is 4.79 Å². The van der Waals surface area contributed by atoms with Crippen molar-refractivity contribution in [2.45, 2.75) is 44.2 Å². The van der Waals surface area contributed by atoms with Crippen molar-refractivity contribution in [3.8, 4) is 0 Å². The Morgan fingerprint density at radius 2 is 1.76 bits per heavy atom. The maximum absolute atomic E-state index is 12.5. The molecule has 0 unspecified atom stereocenters. The standard InChI is InChI=1S/C18H22N10O5S/c19-26-18(27-20,28-21)8-4-7-13-24-25-16(34-13)15(31)22-12(9-14(29)30)23-17(32)33-10-11-5-2-1-3-6-11/h1-3,5-6,12,19-21H,4,7-10H2,(H,22,31)(H,23,32)(H,29,30)/t12-,18?/m0/s1. The number of carbonyl (C=O) groups is 3. The molecule has 15 nitrogen and oxygen atoms in total. The van der Waals surface area contributed by atoms with E-state index < -0.39 is 36.3 Å². The molecule has 0 saturated heterocycles. The molecule has 2 amide bonds. The fourth-order valence-corrected chi connectivity index (χ4v) is 3.39. The van der Waals surface area contributed by atoms with Gasteiger partial charge in [-0.2, -0.15) is 0 Å². The lowest BCUT2D eigenvalue weighted by atomic mass is 10.1. The van der Waals surface area contributed by atoms with Crippen LogP contribution in [0.25, 0.3) is 0 Å². The zero-order valence-corrected chi connectivity index (χ0v) is 18.5. The Morgan fingerprint density at radius 3 is 2.38 bits per heavy atom. The van der Waals surface area contributed by atoms with Crippen molar-refractivity contribution in [3.63, 3.8) is 0 Å². The zero-order valence-electron chi connectivity index (χ0n) is 17.7. The smallest absolute Gasteiger partial charge is 0.409 e. The van der Waals surface area contributed by atoms with Crippen molar-refractivity contribution in [2.24, 2.45) is 15.3 Å². The molecule has 0 aliphatic rings. The number of carboxylic acids is 1. The summed E-state index contributed by atoms with van der Waals surface area (Å²) >= 11 is 0.944. The summed E-state index contributed by atoms with van der Waals surface area (Å²) in [4.78, 5) is 35.6.